The Balaban J connectivity index is 2.50. The number of halogens is 3. The van der Waals surface area contributed by atoms with E-state index in [4.69, 9.17) is 5.11 Å². The van der Waals surface area contributed by atoms with Crippen LogP contribution in [0.5, 0.6) is 0 Å². The van der Waals surface area contributed by atoms with Crippen molar-refractivity contribution in [2.45, 2.75) is 45.2 Å². The van der Waals surface area contributed by atoms with Crippen LogP contribution in [0.15, 0.2) is 0 Å². The van der Waals surface area contributed by atoms with Gasteiger partial charge in [0.1, 0.15) is 0 Å². The molecule has 0 aromatic carbocycles. The molecule has 0 atom stereocenters. The first-order valence-electron chi connectivity index (χ1n) is 6.83. The number of carboxylic acids is 1. The molecule has 0 saturated heterocycles. The van der Waals surface area contributed by atoms with Gasteiger partial charge in [0.05, 0.1) is 12.3 Å². The van der Waals surface area contributed by atoms with Crippen molar-refractivity contribution in [1.29, 1.82) is 0 Å². The summed E-state index contributed by atoms with van der Waals surface area (Å²) in [6.45, 7) is 2.23. The van der Waals surface area contributed by atoms with Crippen molar-refractivity contribution in [3.05, 3.63) is 0 Å². The fourth-order valence-electron chi connectivity index (χ4n) is 2.58. The van der Waals surface area contributed by atoms with Gasteiger partial charge >= 0.3 is 12.1 Å². The number of amides is 1. The smallest absolute Gasteiger partial charge is 0.391 e. The molecule has 116 valence electrons. The highest BCUT2D eigenvalue weighted by Gasteiger charge is 2.42. The molecule has 4 nitrogen and oxygen atoms in total. The van der Waals surface area contributed by atoms with Gasteiger partial charge in [-0.15, -0.1) is 0 Å². The summed E-state index contributed by atoms with van der Waals surface area (Å²) in [6.07, 6.45) is -3.90. The molecule has 1 fully saturated rings. The average Bonchev–Trinajstić information content (AvgIpc) is 2.38. The highest BCUT2D eigenvalue weighted by atomic mass is 19.4. The number of carbonyl (C=O) groups is 2. The monoisotopic (exact) mass is 295 g/mol. The summed E-state index contributed by atoms with van der Waals surface area (Å²) in [5.41, 5.74) is 0. The second-order valence-electron chi connectivity index (χ2n) is 5.15. The van der Waals surface area contributed by atoms with Gasteiger partial charge in [-0.3, -0.25) is 9.59 Å². The summed E-state index contributed by atoms with van der Waals surface area (Å²) in [5.74, 6) is -2.91. The van der Waals surface area contributed by atoms with Crippen LogP contribution in [0.3, 0.4) is 0 Å². The molecular formula is C13H20F3NO3. The van der Waals surface area contributed by atoms with Crippen molar-refractivity contribution in [3.63, 3.8) is 0 Å². The van der Waals surface area contributed by atoms with Crippen LogP contribution in [0.2, 0.25) is 0 Å². The number of alkyl halides is 3. The summed E-state index contributed by atoms with van der Waals surface area (Å²) in [6, 6.07) is 0. The molecule has 1 aliphatic carbocycles. The Hall–Kier alpha value is -1.27. The Morgan fingerprint density at radius 2 is 1.75 bits per heavy atom. The SMILES string of the molecule is CCN(CCC(=O)O)C(=O)C1CCC(C(F)(F)F)CC1. The number of rotatable bonds is 5. The molecule has 1 amide bonds. The largest absolute Gasteiger partial charge is 0.481 e. The zero-order chi connectivity index (χ0) is 15.3. The third-order valence-corrected chi connectivity index (χ3v) is 3.83. The number of hydrogen-bond acceptors (Lipinski definition) is 2. The summed E-state index contributed by atoms with van der Waals surface area (Å²) < 4.78 is 37.6. The van der Waals surface area contributed by atoms with E-state index in [9.17, 15) is 22.8 Å². The Morgan fingerprint density at radius 3 is 2.15 bits per heavy atom. The standard InChI is InChI=1S/C13H20F3NO3/c1-2-17(8-7-11(18)19)12(20)9-3-5-10(6-4-9)13(14,15)16/h9-10H,2-8H2,1H3,(H,18,19). The van der Waals surface area contributed by atoms with Crippen molar-refractivity contribution in [2.24, 2.45) is 11.8 Å². The fraction of sp³-hybridized carbons (Fsp3) is 0.846. The summed E-state index contributed by atoms with van der Waals surface area (Å²) in [5, 5.41) is 8.61. The van der Waals surface area contributed by atoms with Gasteiger partial charge in [0.15, 0.2) is 0 Å². The van der Waals surface area contributed by atoms with Crippen LogP contribution in [0, 0.1) is 11.8 Å². The first-order valence-corrected chi connectivity index (χ1v) is 6.83. The van der Waals surface area contributed by atoms with Crippen LogP contribution in [-0.2, 0) is 9.59 Å². The molecule has 7 heteroatoms. The molecule has 0 unspecified atom stereocenters. The molecule has 1 rings (SSSR count). The summed E-state index contributed by atoms with van der Waals surface area (Å²) in [4.78, 5) is 24.1. The Kier molecular flexibility index (Phi) is 5.83. The minimum Gasteiger partial charge on any atom is -0.481 e. The number of hydrogen-bond donors (Lipinski definition) is 1. The summed E-state index contributed by atoms with van der Waals surface area (Å²) >= 11 is 0. The van der Waals surface area contributed by atoms with Gasteiger partial charge in [0, 0.05) is 19.0 Å². The number of nitrogens with zero attached hydrogens (tertiary/aromatic N) is 1. The molecule has 20 heavy (non-hydrogen) atoms. The highest BCUT2D eigenvalue weighted by Crippen LogP contribution is 2.39. The predicted molar refractivity (Wildman–Crippen MR) is 66.0 cm³/mol. The highest BCUT2D eigenvalue weighted by molar-refractivity contribution is 5.79. The zero-order valence-electron chi connectivity index (χ0n) is 11.4. The lowest BCUT2D eigenvalue weighted by Gasteiger charge is -2.32. The Labute approximate surface area is 115 Å². The van der Waals surface area contributed by atoms with E-state index in [2.05, 4.69) is 0 Å². The van der Waals surface area contributed by atoms with E-state index in [0.29, 0.717) is 6.54 Å². The van der Waals surface area contributed by atoms with E-state index in [-0.39, 0.29) is 44.6 Å². The molecule has 1 saturated carbocycles. The molecule has 1 aliphatic rings. The minimum atomic E-state index is -4.18. The van der Waals surface area contributed by atoms with Crippen molar-refractivity contribution >= 4 is 11.9 Å². The lowest BCUT2D eigenvalue weighted by molar-refractivity contribution is -0.185. The lowest BCUT2D eigenvalue weighted by atomic mass is 9.81. The quantitative estimate of drug-likeness (QED) is 0.848. The second-order valence-corrected chi connectivity index (χ2v) is 5.15. The average molecular weight is 295 g/mol. The predicted octanol–water partition coefficient (Wildman–Crippen LogP) is 2.68. The zero-order valence-corrected chi connectivity index (χ0v) is 11.4. The molecule has 1 N–H and O–H groups in total. The van der Waals surface area contributed by atoms with Crippen molar-refractivity contribution < 1.29 is 27.9 Å². The first-order chi connectivity index (χ1) is 9.25. The van der Waals surface area contributed by atoms with Crippen LogP contribution in [0.1, 0.15) is 39.0 Å². The van der Waals surface area contributed by atoms with E-state index in [1.807, 2.05) is 0 Å². The van der Waals surface area contributed by atoms with E-state index >= 15 is 0 Å². The minimum absolute atomic E-state index is 0.0175. The van der Waals surface area contributed by atoms with Crippen LogP contribution in [0.4, 0.5) is 13.2 Å². The molecule has 0 spiro atoms. The van der Waals surface area contributed by atoms with Crippen LogP contribution in [0.25, 0.3) is 0 Å². The summed E-state index contributed by atoms with van der Waals surface area (Å²) in [7, 11) is 0. The van der Waals surface area contributed by atoms with E-state index in [1.54, 1.807) is 6.92 Å². The van der Waals surface area contributed by atoms with Gasteiger partial charge in [0.25, 0.3) is 0 Å². The first kappa shape index (κ1) is 16.8. The second kappa shape index (κ2) is 6.95. The molecule has 0 heterocycles. The maximum atomic E-state index is 12.5. The third kappa shape index (κ3) is 4.68. The topological polar surface area (TPSA) is 57.6 Å². The molecule has 0 aromatic heterocycles. The van der Waals surface area contributed by atoms with Crippen LogP contribution < -0.4 is 0 Å². The van der Waals surface area contributed by atoms with Gasteiger partial charge in [-0.1, -0.05) is 0 Å². The number of aliphatic carboxylic acids is 1. The van der Waals surface area contributed by atoms with Crippen LogP contribution >= 0.6 is 0 Å². The molecule has 0 radical (unpaired) electrons. The molecular weight excluding hydrogens is 275 g/mol. The normalized spacial score (nSPS) is 23.4. The van der Waals surface area contributed by atoms with Gasteiger partial charge in [0.2, 0.25) is 5.91 Å². The van der Waals surface area contributed by atoms with Gasteiger partial charge in [-0.25, -0.2) is 0 Å². The van der Waals surface area contributed by atoms with E-state index in [1.165, 1.54) is 4.90 Å². The van der Waals surface area contributed by atoms with Gasteiger partial charge in [-0.2, -0.15) is 13.2 Å². The molecule has 0 bridgehead atoms. The Bertz CT molecular complexity index is 349. The van der Waals surface area contributed by atoms with Crippen molar-refractivity contribution in [3.8, 4) is 0 Å². The van der Waals surface area contributed by atoms with E-state index < -0.39 is 24.0 Å². The maximum absolute atomic E-state index is 12.5. The van der Waals surface area contributed by atoms with Gasteiger partial charge in [-0.05, 0) is 32.6 Å². The lowest BCUT2D eigenvalue weighted by Crippen LogP contribution is -2.40. The van der Waals surface area contributed by atoms with Crippen molar-refractivity contribution in [1.82, 2.24) is 4.90 Å². The molecule has 0 aliphatic heterocycles. The fourth-order valence-corrected chi connectivity index (χ4v) is 2.58. The third-order valence-electron chi connectivity index (χ3n) is 3.83. The van der Waals surface area contributed by atoms with Crippen molar-refractivity contribution in [2.75, 3.05) is 13.1 Å². The number of carbonyl (C=O) groups excluding carboxylic acids is 1. The van der Waals surface area contributed by atoms with Crippen LogP contribution in [-0.4, -0.2) is 41.1 Å². The Morgan fingerprint density at radius 1 is 1.20 bits per heavy atom. The molecule has 0 aromatic rings. The number of carboxylic acid groups (broad SMARTS) is 1. The van der Waals surface area contributed by atoms with E-state index in [0.717, 1.165) is 0 Å². The maximum Gasteiger partial charge on any atom is 0.391 e. The van der Waals surface area contributed by atoms with Gasteiger partial charge < -0.3 is 10.0 Å².